The van der Waals surface area contributed by atoms with E-state index in [0.717, 1.165) is 22.0 Å². The molecule has 0 spiro atoms. The number of aryl methyl sites for hydroxylation is 2. The van der Waals surface area contributed by atoms with Crippen molar-refractivity contribution in [1.29, 1.82) is 0 Å². The number of sulfonamides is 1. The predicted octanol–water partition coefficient (Wildman–Crippen LogP) is 3.43. The topological polar surface area (TPSA) is 90.3 Å². The Morgan fingerprint density at radius 1 is 1.03 bits per heavy atom. The molecule has 1 N–H and O–H groups in total. The molecule has 31 heavy (non-hydrogen) atoms. The molecule has 0 saturated carbocycles. The lowest BCUT2D eigenvalue weighted by atomic mass is 10.1. The van der Waals surface area contributed by atoms with Crippen LogP contribution in [-0.2, 0) is 21.9 Å². The molecule has 1 heterocycles. The van der Waals surface area contributed by atoms with Gasteiger partial charge in [-0.1, -0.05) is 30.3 Å². The van der Waals surface area contributed by atoms with Gasteiger partial charge in [0, 0.05) is 18.8 Å². The summed E-state index contributed by atoms with van der Waals surface area (Å²) in [5, 5.41) is 6.13. The number of nitrogens with zero attached hydrogens (tertiary/aromatic N) is 2. The lowest BCUT2D eigenvalue weighted by molar-refractivity contribution is -0.121. The van der Waals surface area contributed by atoms with Crippen molar-refractivity contribution in [2.75, 3.05) is 6.61 Å². The van der Waals surface area contributed by atoms with Crippen molar-refractivity contribution in [3.63, 3.8) is 0 Å². The lowest BCUT2D eigenvalue weighted by Crippen LogP contribution is -2.34. The number of hydrogen-bond donors (Lipinski definition) is 1. The molecule has 1 amide bonds. The van der Waals surface area contributed by atoms with E-state index in [1.165, 1.54) is 12.1 Å². The molecule has 0 aliphatic heterocycles. The average molecular weight is 436 g/mol. The van der Waals surface area contributed by atoms with Crippen LogP contribution in [0.15, 0.2) is 77.8 Å². The van der Waals surface area contributed by atoms with Gasteiger partial charge in [0.2, 0.25) is 0 Å². The number of benzene rings is 3. The first kappa shape index (κ1) is 20.6. The van der Waals surface area contributed by atoms with Gasteiger partial charge >= 0.3 is 0 Å². The van der Waals surface area contributed by atoms with E-state index in [1.807, 2.05) is 36.4 Å². The monoisotopic (exact) mass is 435 g/mol. The summed E-state index contributed by atoms with van der Waals surface area (Å²) in [7, 11) is -2.28. The van der Waals surface area contributed by atoms with Crippen molar-refractivity contribution in [3.05, 3.63) is 78.5 Å². The van der Waals surface area contributed by atoms with Gasteiger partial charge in [-0.25, -0.2) is 13.1 Å². The van der Waals surface area contributed by atoms with Gasteiger partial charge < -0.3 is 4.74 Å². The maximum atomic E-state index is 12.8. The van der Waals surface area contributed by atoms with E-state index < -0.39 is 22.5 Å². The fraction of sp³-hybridized carbons (Fsp3) is 0.130. The van der Waals surface area contributed by atoms with E-state index in [9.17, 15) is 13.2 Å². The van der Waals surface area contributed by atoms with Crippen molar-refractivity contribution in [3.8, 4) is 17.0 Å². The highest BCUT2D eigenvalue weighted by atomic mass is 32.2. The molecule has 0 aliphatic carbocycles. The third-order valence-corrected chi connectivity index (χ3v) is 6.17. The van der Waals surface area contributed by atoms with E-state index in [-0.39, 0.29) is 4.90 Å². The van der Waals surface area contributed by atoms with Crippen LogP contribution in [0.2, 0.25) is 0 Å². The van der Waals surface area contributed by atoms with Gasteiger partial charge in [0.05, 0.1) is 10.6 Å². The standard InChI is InChI=1S/C23H21N3O4S/c1-16-11-19(22-9-10-24-26(22)2)14-21(12-16)31(28,29)25-23(27)15-30-20-8-7-17-5-3-4-6-18(17)13-20/h3-14H,15H2,1-2H3,(H,25,27). The molecular formula is C23H21N3O4S. The van der Waals surface area contributed by atoms with E-state index in [4.69, 9.17) is 4.74 Å². The van der Waals surface area contributed by atoms with Gasteiger partial charge in [-0.05, 0) is 59.7 Å². The highest BCUT2D eigenvalue weighted by Gasteiger charge is 2.20. The highest BCUT2D eigenvalue weighted by Crippen LogP contribution is 2.24. The Bertz CT molecular complexity index is 1380. The van der Waals surface area contributed by atoms with Crippen molar-refractivity contribution >= 4 is 26.7 Å². The number of aromatic nitrogens is 2. The molecule has 0 unspecified atom stereocenters. The molecule has 0 saturated heterocycles. The van der Waals surface area contributed by atoms with Crippen LogP contribution in [-0.4, -0.2) is 30.7 Å². The van der Waals surface area contributed by atoms with Gasteiger partial charge in [0.15, 0.2) is 6.61 Å². The van der Waals surface area contributed by atoms with Crippen LogP contribution in [0.3, 0.4) is 0 Å². The van der Waals surface area contributed by atoms with Crippen LogP contribution in [0.1, 0.15) is 5.56 Å². The molecule has 7 nitrogen and oxygen atoms in total. The summed E-state index contributed by atoms with van der Waals surface area (Å²) in [4.78, 5) is 12.3. The zero-order chi connectivity index (χ0) is 22.0. The Hall–Kier alpha value is -3.65. The first-order valence-corrected chi connectivity index (χ1v) is 11.1. The van der Waals surface area contributed by atoms with Crippen molar-refractivity contribution in [2.45, 2.75) is 11.8 Å². The molecule has 0 radical (unpaired) electrons. The average Bonchev–Trinajstić information content (AvgIpc) is 3.17. The van der Waals surface area contributed by atoms with Gasteiger partial charge in [0.1, 0.15) is 5.75 Å². The van der Waals surface area contributed by atoms with Crippen LogP contribution < -0.4 is 9.46 Å². The molecule has 158 valence electrons. The number of carbonyl (C=O) groups is 1. The zero-order valence-electron chi connectivity index (χ0n) is 17.1. The molecule has 0 aliphatic rings. The SMILES string of the molecule is Cc1cc(-c2ccnn2C)cc(S(=O)(=O)NC(=O)COc2ccc3ccccc3c2)c1. The Morgan fingerprint density at radius 3 is 2.55 bits per heavy atom. The lowest BCUT2D eigenvalue weighted by Gasteiger charge is -2.11. The van der Waals surface area contributed by atoms with Gasteiger partial charge in [0.25, 0.3) is 15.9 Å². The fourth-order valence-electron chi connectivity index (χ4n) is 3.35. The van der Waals surface area contributed by atoms with Crippen molar-refractivity contribution in [2.24, 2.45) is 7.05 Å². The van der Waals surface area contributed by atoms with Crippen LogP contribution in [0.25, 0.3) is 22.0 Å². The molecule has 3 aromatic carbocycles. The van der Waals surface area contributed by atoms with Crippen molar-refractivity contribution < 1.29 is 17.9 Å². The maximum absolute atomic E-state index is 12.8. The second kappa shape index (κ2) is 8.23. The summed E-state index contributed by atoms with van der Waals surface area (Å²) in [6, 6.07) is 19.9. The summed E-state index contributed by atoms with van der Waals surface area (Å²) in [6.07, 6.45) is 1.64. The van der Waals surface area contributed by atoms with Gasteiger partial charge in [-0.2, -0.15) is 5.10 Å². The summed E-state index contributed by atoms with van der Waals surface area (Å²) >= 11 is 0. The van der Waals surface area contributed by atoms with Gasteiger partial charge in [-0.15, -0.1) is 0 Å². The quantitative estimate of drug-likeness (QED) is 0.501. The normalized spacial score (nSPS) is 11.4. The number of fused-ring (bicyclic) bond motifs is 1. The van der Waals surface area contributed by atoms with Crippen LogP contribution >= 0.6 is 0 Å². The minimum atomic E-state index is -4.06. The fourth-order valence-corrected chi connectivity index (χ4v) is 4.45. The number of rotatable bonds is 6. The molecule has 0 fully saturated rings. The van der Waals surface area contributed by atoms with Crippen LogP contribution in [0.5, 0.6) is 5.75 Å². The molecule has 0 bridgehead atoms. The second-order valence-corrected chi connectivity index (χ2v) is 8.88. The van der Waals surface area contributed by atoms with Crippen LogP contribution in [0, 0.1) is 6.92 Å². The summed E-state index contributed by atoms with van der Waals surface area (Å²) < 4.78 is 34.8. The zero-order valence-corrected chi connectivity index (χ0v) is 17.9. The molecule has 4 aromatic rings. The van der Waals surface area contributed by atoms with Crippen molar-refractivity contribution in [1.82, 2.24) is 14.5 Å². The van der Waals surface area contributed by atoms with E-state index >= 15 is 0 Å². The first-order chi connectivity index (χ1) is 14.8. The van der Waals surface area contributed by atoms with E-state index in [0.29, 0.717) is 11.3 Å². The van der Waals surface area contributed by atoms with E-state index in [1.54, 1.807) is 43.0 Å². The molecule has 0 atom stereocenters. The minimum Gasteiger partial charge on any atom is -0.484 e. The summed E-state index contributed by atoms with van der Waals surface area (Å²) in [6.45, 7) is 1.38. The Labute approximate surface area is 180 Å². The second-order valence-electron chi connectivity index (χ2n) is 7.20. The molecule has 8 heteroatoms. The molecular weight excluding hydrogens is 414 g/mol. The summed E-state index contributed by atoms with van der Waals surface area (Å²) in [5.41, 5.74) is 2.21. The number of amides is 1. The van der Waals surface area contributed by atoms with Gasteiger partial charge in [-0.3, -0.25) is 9.48 Å². The molecule has 1 aromatic heterocycles. The number of ether oxygens (including phenoxy) is 1. The number of hydrogen-bond acceptors (Lipinski definition) is 5. The highest BCUT2D eigenvalue weighted by molar-refractivity contribution is 7.90. The Morgan fingerprint density at radius 2 is 1.81 bits per heavy atom. The third-order valence-electron chi connectivity index (χ3n) is 4.82. The number of nitrogens with one attached hydrogen (secondary N) is 1. The largest absolute Gasteiger partial charge is 0.484 e. The van der Waals surface area contributed by atoms with Crippen LogP contribution in [0.4, 0.5) is 0 Å². The smallest absolute Gasteiger partial charge is 0.271 e. The summed E-state index contributed by atoms with van der Waals surface area (Å²) in [5.74, 6) is -0.267. The number of carbonyl (C=O) groups excluding carboxylic acids is 1. The Balaban J connectivity index is 1.48. The van der Waals surface area contributed by atoms with E-state index in [2.05, 4.69) is 9.82 Å². The maximum Gasteiger partial charge on any atom is 0.271 e. The minimum absolute atomic E-state index is 0.00255. The third kappa shape index (κ3) is 4.59. The Kier molecular flexibility index (Phi) is 5.48. The molecule has 4 rings (SSSR count). The first-order valence-electron chi connectivity index (χ1n) is 9.59. The predicted molar refractivity (Wildman–Crippen MR) is 118 cm³/mol.